The second kappa shape index (κ2) is 7.41. The van der Waals surface area contributed by atoms with Crippen LogP contribution in [0.5, 0.6) is 0 Å². The summed E-state index contributed by atoms with van der Waals surface area (Å²) in [6, 6.07) is 7.48. The first-order chi connectivity index (χ1) is 12.2. The zero-order valence-corrected chi connectivity index (χ0v) is 13.7. The molecule has 6 nitrogen and oxygen atoms in total. The van der Waals surface area contributed by atoms with Gasteiger partial charge in [0.25, 0.3) is 5.91 Å². The first-order valence-corrected chi connectivity index (χ1v) is 8.32. The molecule has 2 atom stereocenters. The number of nitrogens with one attached hydrogen (secondary N) is 1. The van der Waals surface area contributed by atoms with E-state index in [0.717, 1.165) is 18.2 Å². The number of rotatable bonds is 5. The number of carbonyl (C=O) groups is 2. The number of Topliss-reactive ketones (excluding diaryl/α,β-unsaturated/α-hetero) is 1. The highest BCUT2D eigenvalue weighted by Gasteiger charge is 2.32. The summed E-state index contributed by atoms with van der Waals surface area (Å²) in [6.45, 7) is -0.385. The number of pyridine rings is 1. The topological polar surface area (TPSA) is 103 Å². The number of aliphatic hydroxyl groups excluding tert-OH is 1. The Bertz CT molecular complexity index is 857. The Morgan fingerprint density at radius 2 is 2.16 bits per heavy atom. The lowest BCUT2D eigenvalue weighted by molar-refractivity contribution is -0.122. The van der Waals surface area contributed by atoms with Crippen LogP contribution in [0.2, 0.25) is 0 Å². The van der Waals surface area contributed by atoms with Gasteiger partial charge in [-0.15, -0.1) is 0 Å². The molecular weight excluding hydrogens is 318 g/mol. The molecule has 0 aliphatic heterocycles. The van der Waals surface area contributed by atoms with Gasteiger partial charge in [0, 0.05) is 23.7 Å². The Hall–Kier alpha value is -2.78. The van der Waals surface area contributed by atoms with E-state index in [1.165, 1.54) is 0 Å². The van der Waals surface area contributed by atoms with E-state index in [1.54, 1.807) is 24.5 Å². The highest BCUT2D eigenvalue weighted by molar-refractivity contribution is 6.09. The number of carbonyl (C=O) groups excluding carboxylic acids is 2. The maximum absolute atomic E-state index is 12.6. The number of hydrogen-bond acceptors (Lipinski definition) is 5. The summed E-state index contributed by atoms with van der Waals surface area (Å²) in [4.78, 5) is 29.0. The largest absolute Gasteiger partial charge is 0.392 e. The molecule has 1 aromatic carbocycles. The van der Waals surface area contributed by atoms with Gasteiger partial charge in [-0.3, -0.25) is 14.6 Å². The van der Waals surface area contributed by atoms with Gasteiger partial charge in [0.15, 0.2) is 5.78 Å². The highest BCUT2D eigenvalue weighted by atomic mass is 16.3. The molecule has 2 aromatic rings. The van der Waals surface area contributed by atoms with Gasteiger partial charge >= 0.3 is 0 Å². The molecular formula is C19H19N3O3. The molecule has 128 valence electrons. The summed E-state index contributed by atoms with van der Waals surface area (Å²) < 4.78 is 0. The number of nitrogens with zero attached hydrogens (tertiary/aromatic N) is 2. The summed E-state index contributed by atoms with van der Waals surface area (Å²) in [7, 11) is 0. The summed E-state index contributed by atoms with van der Waals surface area (Å²) >= 11 is 0. The van der Waals surface area contributed by atoms with E-state index >= 15 is 0 Å². The first-order valence-electron chi connectivity index (χ1n) is 8.32. The monoisotopic (exact) mass is 337 g/mol. The number of benzene rings is 1. The van der Waals surface area contributed by atoms with Crippen molar-refractivity contribution < 1.29 is 14.7 Å². The Kier molecular flexibility index (Phi) is 5.05. The molecule has 0 spiro atoms. The number of aromatic nitrogens is 1. The molecule has 1 aliphatic rings. The average Bonchev–Trinajstić information content (AvgIpc) is 3.13. The summed E-state index contributed by atoms with van der Waals surface area (Å²) in [5, 5.41) is 22.8. The Morgan fingerprint density at radius 1 is 1.32 bits per heavy atom. The molecule has 0 bridgehead atoms. The van der Waals surface area contributed by atoms with Crippen molar-refractivity contribution in [1.29, 1.82) is 5.26 Å². The molecule has 2 N–H and O–H groups in total. The van der Waals surface area contributed by atoms with Crippen LogP contribution in [0.4, 0.5) is 0 Å². The van der Waals surface area contributed by atoms with E-state index in [-0.39, 0.29) is 30.8 Å². The lowest BCUT2D eigenvalue weighted by Gasteiger charge is -2.14. The minimum absolute atomic E-state index is 0.108. The first kappa shape index (κ1) is 17.1. The molecule has 0 radical (unpaired) electrons. The summed E-state index contributed by atoms with van der Waals surface area (Å²) in [5.74, 6) is -1.07. The molecule has 1 heterocycles. The molecule has 1 aliphatic carbocycles. The molecule has 3 rings (SSSR count). The van der Waals surface area contributed by atoms with Crippen molar-refractivity contribution in [2.45, 2.75) is 25.9 Å². The maximum Gasteiger partial charge on any atom is 0.252 e. The second-order valence-electron chi connectivity index (χ2n) is 6.28. The number of ketones is 1. The van der Waals surface area contributed by atoms with Gasteiger partial charge in [0.05, 0.1) is 30.7 Å². The quantitative estimate of drug-likeness (QED) is 0.868. The van der Waals surface area contributed by atoms with E-state index in [0.29, 0.717) is 22.9 Å². The van der Waals surface area contributed by atoms with Crippen LogP contribution in [-0.2, 0) is 11.4 Å². The molecule has 1 saturated carbocycles. The number of fused-ring (bicyclic) bond motifs is 1. The van der Waals surface area contributed by atoms with Crippen molar-refractivity contribution >= 4 is 22.5 Å². The molecule has 25 heavy (non-hydrogen) atoms. The highest BCUT2D eigenvalue weighted by Crippen LogP contribution is 2.31. The molecule has 0 saturated heterocycles. The third-order valence-corrected chi connectivity index (χ3v) is 4.83. The van der Waals surface area contributed by atoms with E-state index in [1.807, 2.05) is 6.07 Å². The number of aliphatic hydroxyl groups is 1. The number of nitriles is 1. The van der Waals surface area contributed by atoms with E-state index in [9.17, 15) is 14.7 Å². The van der Waals surface area contributed by atoms with Gasteiger partial charge in [-0.05, 0) is 29.9 Å². The van der Waals surface area contributed by atoms with Crippen LogP contribution in [0.3, 0.4) is 0 Å². The van der Waals surface area contributed by atoms with Crippen molar-refractivity contribution in [2.24, 2.45) is 11.8 Å². The van der Waals surface area contributed by atoms with Crippen molar-refractivity contribution in [2.75, 3.05) is 6.54 Å². The van der Waals surface area contributed by atoms with Crippen LogP contribution < -0.4 is 5.32 Å². The van der Waals surface area contributed by atoms with E-state index in [4.69, 9.17) is 5.26 Å². The SMILES string of the molecule is N#C[C@@H]1CCCC1C(=O)CNC(=O)c1c(CO)ccc2ccncc12. The van der Waals surface area contributed by atoms with Gasteiger partial charge in [-0.2, -0.15) is 5.26 Å². The second-order valence-corrected chi connectivity index (χ2v) is 6.28. The number of hydrogen-bond donors (Lipinski definition) is 2. The minimum Gasteiger partial charge on any atom is -0.392 e. The predicted octanol–water partition coefficient (Wildman–Crippen LogP) is 1.97. The maximum atomic E-state index is 12.6. The average molecular weight is 337 g/mol. The van der Waals surface area contributed by atoms with E-state index < -0.39 is 5.91 Å². The van der Waals surface area contributed by atoms with Crippen LogP contribution >= 0.6 is 0 Å². The van der Waals surface area contributed by atoms with Crippen molar-refractivity contribution in [3.05, 3.63) is 41.7 Å². The Balaban J connectivity index is 1.79. The lowest BCUT2D eigenvalue weighted by Crippen LogP contribution is -2.34. The summed E-state index contributed by atoms with van der Waals surface area (Å²) in [6.07, 6.45) is 5.52. The third kappa shape index (κ3) is 3.37. The van der Waals surface area contributed by atoms with Crippen LogP contribution in [0.15, 0.2) is 30.6 Å². The minimum atomic E-state index is -0.414. The zero-order valence-electron chi connectivity index (χ0n) is 13.7. The van der Waals surface area contributed by atoms with Crippen molar-refractivity contribution in [3.63, 3.8) is 0 Å². The van der Waals surface area contributed by atoms with Crippen LogP contribution in [0, 0.1) is 23.2 Å². The van der Waals surface area contributed by atoms with Crippen molar-refractivity contribution in [1.82, 2.24) is 10.3 Å². The lowest BCUT2D eigenvalue weighted by atomic mass is 9.93. The van der Waals surface area contributed by atoms with E-state index in [2.05, 4.69) is 16.4 Å². The summed E-state index contributed by atoms with van der Waals surface area (Å²) in [5.41, 5.74) is 0.824. The van der Waals surface area contributed by atoms with Crippen LogP contribution in [-0.4, -0.2) is 28.3 Å². The fourth-order valence-electron chi connectivity index (χ4n) is 3.49. The zero-order chi connectivity index (χ0) is 17.8. The predicted molar refractivity (Wildman–Crippen MR) is 91.5 cm³/mol. The van der Waals surface area contributed by atoms with Crippen LogP contribution in [0.1, 0.15) is 35.2 Å². The van der Waals surface area contributed by atoms with Gasteiger partial charge < -0.3 is 10.4 Å². The third-order valence-electron chi connectivity index (χ3n) is 4.83. The van der Waals surface area contributed by atoms with Gasteiger partial charge in [-0.1, -0.05) is 18.6 Å². The molecule has 1 amide bonds. The smallest absolute Gasteiger partial charge is 0.252 e. The Labute approximate surface area is 145 Å². The Morgan fingerprint density at radius 3 is 2.92 bits per heavy atom. The standard InChI is InChI=1S/C19H19N3O3/c20-8-13-2-1-3-15(13)17(24)10-22-19(25)18-14(11-23)5-4-12-6-7-21-9-16(12)18/h4-7,9,13,15,23H,1-3,10-11H2,(H,22,25)/t13-,15?/m0/s1. The van der Waals surface area contributed by atoms with Gasteiger partial charge in [-0.25, -0.2) is 0 Å². The molecule has 1 aromatic heterocycles. The van der Waals surface area contributed by atoms with Gasteiger partial charge in [0.1, 0.15) is 0 Å². The molecule has 1 unspecified atom stereocenters. The van der Waals surface area contributed by atoms with Crippen LogP contribution in [0.25, 0.3) is 10.8 Å². The molecule has 6 heteroatoms. The normalized spacial score (nSPS) is 19.5. The number of amides is 1. The fourth-order valence-corrected chi connectivity index (χ4v) is 3.49. The molecule has 1 fully saturated rings. The van der Waals surface area contributed by atoms with Crippen molar-refractivity contribution in [3.8, 4) is 6.07 Å². The fraction of sp³-hybridized carbons (Fsp3) is 0.368. The van der Waals surface area contributed by atoms with Gasteiger partial charge in [0.2, 0.25) is 0 Å².